The first kappa shape index (κ1) is 15.7. The van der Waals surface area contributed by atoms with Gasteiger partial charge in [-0.25, -0.2) is 4.68 Å². The van der Waals surface area contributed by atoms with E-state index in [0.29, 0.717) is 18.7 Å². The largest absolute Gasteiger partial charge is 0.383 e. The van der Waals surface area contributed by atoms with E-state index in [9.17, 15) is 4.79 Å². The minimum absolute atomic E-state index is 0.156. The van der Waals surface area contributed by atoms with Crippen molar-refractivity contribution in [1.82, 2.24) is 9.78 Å². The molecule has 0 amide bonds. The van der Waals surface area contributed by atoms with Gasteiger partial charge in [0.1, 0.15) is 0 Å². The van der Waals surface area contributed by atoms with Crippen molar-refractivity contribution in [2.45, 2.75) is 26.3 Å². The zero-order chi connectivity index (χ0) is 15.4. The summed E-state index contributed by atoms with van der Waals surface area (Å²) in [5, 5.41) is 4.46. The summed E-state index contributed by atoms with van der Waals surface area (Å²) in [6, 6.07) is 7.96. The van der Waals surface area contributed by atoms with Crippen LogP contribution in [0.4, 0.5) is 0 Å². The van der Waals surface area contributed by atoms with Crippen molar-refractivity contribution in [3.8, 4) is 11.3 Å². The molecule has 1 aromatic carbocycles. The Morgan fingerprint density at radius 1 is 1.29 bits per heavy atom. The first-order chi connectivity index (χ1) is 10.1. The molecule has 2 aromatic rings. The average molecular weight is 307 g/mol. The van der Waals surface area contributed by atoms with Crippen molar-refractivity contribution < 1.29 is 4.74 Å². The predicted octanol–water partition coefficient (Wildman–Crippen LogP) is 2.91. The van der Waals surface area contributed by atoms with Gasteiger partial charge in [0.05, 0.1) is 24.7 Å². The van der Waals surface area contributed by atoms with Crippen molar-refractivity contribution in [2.24, 2.45) is 0 Å². The molecule has 0 saturated heterocycles. The lowest BCUT2D eigenvalue weighted by Gasteiger charge is -2.11. The minimum Gasteiger partial charge on any atom is -0.383 e. The number of hydrogen-bond acceptors (Lipinski definition) is 3. The number of nitrogens with zero attached hydrogens (tertiary/aromatic N) is 2. The summed E-state index contributed by atoms with van der Waals surface area (Å²) in [5.41, 5.74) is 4.45. The third kappa shape index (κ3) is 3.52. The van der Waals surface area contributed by atoms with Crippen LogP contribution in [0.15, 0.2) is 29.1 Å². The summed E-state index contributed by atoms with van der Waals surface area (Å²) >= 11 is 5.90. The SMILES string of the molecule is COCCn1nc(-c2cc(C)ccc2C)cc(CCl)c1=O. The maximum atomic E-state index is 12.2. The number of rotatable bonds is 5. The Morgan fingerprint density at radius 3 is 2.71 bits per heavy atom. The molecule has 0 N–H and O–H groups in total. The third-order valence-corrected chi connectivity index (χ3v) is 3.66. The summed E-state index contributed by atoms with van der Waals surface area (Å²) in [4.78, 5) is 12.2. The van der Waals surface area contributed by atoms with E-state index >= 15 is 0 Å². The molecule has 0 aliphatic carbocycles. The summed E-state index contributed by atoms with van der Waals surface area (Å²) < 4.78 is 6.46. The van der Waals surface area contributed by atoms with Crippen LogP contribution in [-0.4, -0.2) is 23.5 Å². The van der Waals surface area contributed by atoms with Gasteiger partial charge < -0.3 is 4.74 Å². The van der Waals surface area contributed by atoms with E-state index in [1.54, 1.807) is 13.2 Å². The number of halogens is 1. The summed E-state index contributed by atoms with van der Waals surface area (Å²) in [5.74, 6) is 0.173. The first-order valence-electron chi connectivity index (χ1n) is 6.80. The Morgan fingerprint density at radius 2 is 2.05 bits per heavy atom. The molecule has 0 saturated carbocycles. The van der Waals surface area contributed by atoms with Gasteiger partial charge in [0.2, 0.25) is 0 Å². The van der Waals surface area contributed by atoms with Gasteiger partial charge in [-0.15, -0.1) is 11.6 Å². The average Bonchev–Trinajstić information content (AvgIpc) is 2.48. The molecule has 1 heterocycles. The molecule has 0 unspecified atom stereocenters. The normalized spacial score (nSPS) is 10.9. The van der Waals surface area contributed by atoms with E-state index in [2.05, 4.69) is 23.3 Å². The fraction of sp³-hybridized carbons (Fsp3) is 0.375. The van der Waals surface area contributed by atoms with Crippen LogP contribution in [0.1, 0.15) is 16.7 Å². The third-order valence-electron chi connectivity index (χ3n) is 3.37. The molecule has 1 aromatic heterocycles. The number of alkyl halides is 1. The molecule has 0 radical (unpaired) electrons. The van der Waals surface area contributed by atoms with Gasteiger partial charge in [-0.2, -0.15) is 5.10 Å². The monoisotopic (exact) mass is 306 g/mol. The maximum Gasteiger partial charge on any atom is 0.271 e. The lowest BCUT2D eigenvalue weighted by atomic mass is 10.0. The highest BCUT2D eigenvalue weighted by Gasteiger charge is 2.11. The fourth-order valence-corrected chi connectivity index (χ4v) is 2.36. The zero-order valence-corrected chi connectivity index (χ0v) is 13.3. The second kappa shape index (κ2) is 6.87. The van der Waals surface area contributed by atoms with Gasteiger partial charge in [0, 0.05) is 18.2 Å². The highest BCUT2D eigenvalue weighted by atomic mass is 35.5. The van der Waals surface area contributed by atoms with Crippen molar-refractivity contribution in [2.75, 3.05) is 13.7 Å². The number of aryl methyl sites for hydroxylation is 2. The highest BCUT2D eigenvalue weighted by Crippen LogP contribution is 2.22. The lowest BCUT2D eigenvalue weighted by Crippen LogP contribution is -2.27. The molecule has 21 heavy (non-hydrogen) atoms. The first-order valence-corrected chi connectivity index (χ1v) is 7.34. The zero-order valence-electron chi connectivity index (χ0n) is 12.5. The molecule has 2 rings (SSSR count). The quantitative estimate of drug-likeness (QED) is 0.798. The van der Waals surface area contributed by atoms with E-state index in [0.717, 1.165) is 22.4 Å². The number of ether oxygens (including phenoxy) is 1. The van der Waals surface area contributed by atoms with E-state index < -0.39 is 0 Å². The van der Waals surface area contributed by atoms with E-state index in [4.69, 9.17) is 16.3 Å². The molecule has 112 valence electrons. The van der Waals surface area contributed by atoms with E-state index in [1.807, 2.05) is 13.8 Å². The topological polar surface area (TPSA) is 44.1 Å². The van der Waals surface area contributed by atoms with Gasteiger partial charge in [-0.1, -0.05) is 17.7 Å². The summed E-state index contributed by atoms with van der Waals surface area (Å²) in [6.07, 6.45) is 0. The fourth-order valence-electron chi connectivity index (χ4n) is 2.17. The van der Waals surface area contributed by atoms with E-state index in [-0.39, 0.29) is 11.4 Å². The van der Waals surface area contributed by atoms with Crippen LogP contribution in [0.3, 0.4) is 0 Å². The number of hydrogen-bond donors (Lipinski definition) is 0. The molecule has 0 atom stereocenters. The smallest absolute Gasteiger partial charge is 0.271 e. The number of benzene rings is 1. The number of methoxy groups -OCH3 is 1. The molecule has 0 spiro atoms. The van der Waals surface area contributed by atoms with Crippen LogP contribution >= 0.6 is 11.6 Å². The van der Waals surface area contributed by atoms with Crippen LogP contribution < -0.4 is 5.56 Å². The Kier molecular flexibility index (Phi) is 5.15. The van der Waals surface area contributed by atoms with Crippen LogP contribution in [-0.2, 0) is 17.2 Å². The highest BCUT2D eigenvalue weighted by molar-refractivity contribution is 6.17. The molecular weight excluding hydrogens is 288 g/mol. The van der Waals surface area contributed by atoms with Crippen LogP contribution in [0.25, 0.3) is 11.3 Å². The van der Waals surface area contributed by atoms with Crippen LogP contribution in [0, 0.1) is 13.8 Å². The molecule has 4 nitrogen and oxygen atoms in total. The second-order valence-corrected chi connectivity index (χ2v) is 5.30. The standard InChI is InChI=1S/C16H19ClN2O2/c1-11-4-5-12(2)14(8-11)15-9-13(10-17)16(20)19(18-15)6-7-21-3/h4-5,8-9H,6-7,10H2,1-3H3. The predicted molar refractivity (Wildman–Crippen MR) is 84.8 cm³/mol. The Labute approximate surface area is 129 Å². The molecule has 0 aliphatic heterocycles. The molecule has 0 fully saturated rings. The van der Waals surface area contributed by atoms with Crippen molar-refractivity contribution in [3.05, 3.63) is 51.3 Å². The van der Waals surface area contributed by atoms with Crippen molar-refractivity contribution in [3.63, 3.8) is 0 Å². The molecule has 0 aliphatic rings. The summed E-state index contributed by atoms with van der Waals surface area (Å²) in [7, 11) is 1.60. The minimum atomic E-state index is -0.156. The van der Waals surface area contributed by atoms with E-state index in [1.165, 1.54) is 4.68 Å². The molecule has 0 bridgehead atoms. The van der Waals surface area contributed by atoms with Crippen LogP contribution in [0.5, 0.6) is 0 Å². The molecule has 5 heteroatoms. The number of aromatic nitrogens is 2. The van der Waals surface area contributed by atoms with Gasteiger partial charge in [-0.05, 0) is 31.5 Å². The van der Waals surface area contributed by atoms with Gasteiger partial charge in [0.15, 0.2) is 0 Å². The molecular formula is C16H19ClN2O2. The Hall–Kier alpha value is -1.65. The van der Waals surface area contributed by atoms with Gasteiger partial charge in [0.25, 0.3) is 5.56 Å². The lowest BCUT2D eigenvalue weighted by molar-refractivity contribution is 0.182. The summed E-state index contributed by atoms with van der Waals surface area (Å²) in [6.45, 7) is 4.91. The van der Waals surface area contributed by atoms with Gasteiger partial charge >= 0.3 is 0 Å². The Bertz CT molecular complexity index is 695. The van der Waals surface area contributed by atoms with Crippen molar-refractivity contribution >= 4 is 11.6 Å². The second-order valence-electron chi connectivity index (χ2n) is 5.03. The van der Waals surface area contributed by atoms with Crippen molar-refractivity contribution in [1.29, 1.82) is 0 Å². The van der Waals surface area contributed by atoms with Gasteiger partial charge in [-0.3, -0.25) is 4.79 Å². The van der Waals surface area contributed by atoms with Crippen LogP contribution in [0.2, 0.25) is 0 Å². The maximum absolute atomic E-state index is 12.2. The Balaban J connectivity index is 2.58.